The second-order valence-electron chi connectivity index (χ2n) is 4.13. The first kappa shape index (κ1) is 15.4. The average Bonchev–Trinajstić information content (AvgIpc) is 2.37. The lowest BCUT2D eigenvalue weighted by molar-refractivity contribution is -0.138. The zero-order chi connectivity index (χ0) is 14.8. The zero-order valence-corrected chi connectivity index (χ0v) is 13.1. The largest absolute Gasteiger partial charge is 0.416 e. The van der Waals surface area contributed by atoms with E-state index in [1.54, 1.807) is 24.3 Å². The summed E-state index contributed by atoms with van der Waals surface area (Å²) in [5, 5.41) is 3.60. The summed E-state index contributed by atoms with van der Waals surface area (Å²) in [7, 11) is 0. The molecular weight excluding hydrogens is 402 g/mol. The Morgan fingerprint density at radius 1 is 1.10 bits per heavy atom. The highest BCUT2D eigenvalue weighted by Gasteiger charge is 2.32. The summed E-state index contributed by atoms with van der Waals surface area (Å²) < 4.78 is 39.4. The number of rotatable bonds is 3. The normalized spacial score (nSPS) is 11.4. The lowest BCUT2D eigenvalue weighted by Crippen LogP contribution is -2.12. The van der Waals surface area contributed by atoms with Gasteiger partial charge in [-0.15, -0.1) is 0 Å². The van der Waals surface area contributed by atoms with Crippen molar-refractivity contribution in [3.8, 4) is 0 Å². The van der Waals surface area contributed by atoms with Crippen LogP contribution in [0.25, 0.3) is 0 Å². The maximum atomic E-state index is 12.9. The first-order chi connectivity index (χ1) is 9.38. The fraction of sp³-hybridized carbons (Fsp3) is 0.143. The van der Waals surface area contributed by atoms with Gasteiger partial charge in [0.05, 0.1) is 5.56 Å². The standard InChI is InChI=1S/C14H10ClF3IN/c15-10-5-6-13(12(19)7-10)20-8-9-3-1-2-4-11(9)14(16,17)18/h1-7,20H,8H2. The highest BCUT2D eigenvalue weighted by Crippen LogP contribution is 2.32. The molecule has 20 heavy (non-hydrogen) atoms. The van der Waals surface area contributed by atoms with E-state index >= 15 is 0 Å². The molecule has 6 heteroatoms. The van der Waals surface area contributed by atoms with Crippen molar-refractivity contribution in [2.75, 3.05) is 5.32 Å². The van der Waals surface area contributed by atoms with E-state index in [1.807, 2.05) is 0 Å². The van der Waals surface area contributed by atoms with Crippen LogP contribution < -0.4 is 5.32 Å². The first-order valence-electron chi connectivity index (χ1n) is 5.72. The van der Waals surface area contributed by atoms with Gasteiger partial charge in [-0.05, 0) is 52.4 Å². The highest BCUT2D eigenvalue weighted by molar-refractivity contribution is 14.1. The fourth-order valence-electron chi connectivity index (χ4n) is 1.77. The summed E-state index contributed by atoms with van der Waals surface area (Å²) in [5.41, 5.74) is 0.356. The average molecular weight is 412 g/mol. The van der Waals surface area contributed by atoms with Crippen LogP contribution in [0.5, 0.6) is 0 Å². The van der Waals surface area contributed by atoms with Gasteiger partial charge in [-0.3, -0.25) is 0 Å². The van der Waals surface area contributed by atoms with Gasteiger partial charge in [0.25, 0.3) is 0 Å². The van der Waals surface area contributed by atoms with Crippen molar-refractivity contribution in [3.63, 3.8) is 0 Å². The number of halogens is 5. The molecule has 2 rings (SSSR count). The van der Waals surface area contributed by atoms with Crippen LogP contribution in [0.1, 0.15) is 11.1 Å². The van der Waals surface area contributed by atoms with E-state index in [0.717, 1.165) is 15.3 Å². The molecule has 1 N–H and O–H groups in total. The van der Waals surface area contributed by atoms with Gasteiger partial charge in [0.2, 0.25) is 0 Å². The van der Waals surface area contributed by atoms with E-state index in [4.69, 9.17) is 11.6 Å². The molecule has 0 aromatic heterocycles. The predicted molar refractivity (Wildman–Crippen MR) is 82.9 cm³/mol. The van der Waals surface area contributed by atoms with Crippen molar-refractivity contribution >= 4 is 39.9 Å². The van der Waals surface area contributed by atoms with Gasteiger partial charge < -0.3 is 5.32 Å². The van der Waals surface area contributed by atoms with Gasteiger partial charge in [0, 0.05) is 20.8 Å². The Hall–Kier alpha value is -0.950. The summed E-state index contributed by atoms with van der Waals surface area (Å²) >= 11 is 7.92. The van der Waals surface area contributed by atoms with Crippen LogP contribution in [0, 0.1) is 3.57 Å². The molecule has 0 aliphatic carbocycles. The summed E-state index contributed by atoms with van der Waals surface area (Å²) in [6, 6.07) is 10.7. The molecular formula is C14H10ClF3IN. The van der Waals surface area contributed by atoms with Crippen molar-refractivity contribution < 1.29 is 13.2 Å². The molecule has 0 spiro atoms. The number of nitrogens with one attached hydrogen (secondary N) is 1. The van der Waals surface area contributed by atoms with Crippen LogP contribution in [-0.2, 0) is 12.7 Å². The van der Waals surface area contributed by atoms with E-state index in [9.17, 15) is 13.2 Å². The minimum atomic E-state index is -4.34. The lowest BCUT2D eigenvalue weighted by Gasteiger charge is -2.14. The third-order valence-corrected chi connectivity index (χ3v) is 3.85. The van der Waals surface area contributed by atoms with Crippen molar-refractivity contribution in [2.24, 2.45) is 0 Å². The minimum Gasteiger partial charge on any atom is -0.380 e. The lowest BCUT2D eigenvalue weighted by atomic mass is 10.1. The van der Waals surface area contributed by atoms with Gasteiger partial charge in [-0.25, -0.2) is 0 Å². The molecule has 0 unspecified atom stereocenters. The van der Waals surface area contributed by atoms with Crippen molar-refractivity contribution in [1.82, 2.24) is 0 Å². The van der Waals surface area contributed by atoms with Crippen LogP contribution in [0.15, 0.2) is 42.5 Å². The Balaban J connectivity index is 2.19. The molecule has 0 heterocycles. The van der Waals surface area contributed by atoms with E-state index in [0.29, 0.717) is 5.02 Å². The van der Waals surface area contributed by atoms with E-state index < -0.39 is 11.7 Å². The Morgan fingerprint density at radius 3 is 2.45 bits per heavy atom. The van der Waals surface area contributed by atoms with Gasteiger partial charge in [0.15, 0.2) is 0 Å². The van der Waals surface area contributed by atoms with Gasteiger partial charge in [-0.1, -0.05) is 29.8 Å². The maximum absolute atomic E-state index is 12.9. The molecule has 0 fully saturated rings. The van der Waals surface area contributed by atoms with Gasteiger partial charge in [-0.2, -0.15) is 13.2 Å². The van der Waals surface area contributed by atoms with Gasteiger partial charge >= 0.3 is 6.18 Å². The summed E-state index contributed by atoms with van der Waals surface area (Å²) in [6.45, 7) is 0.104. The van der Waals surface area contributed by atoms with Crippen LogP contribution in [0.4, 0.5) is 18.9 Å². The molecule has 106 valence electrons. The van der Waals surface area contributed by atoms with Gasteiger partial charge in [0.1, 0.15) is 0 Å². The minimum absolute atomic E-state index is 0.104. The molecule has 0 aliphatic rings. The Kier molecular flexibility index (Phi) is 4.80. The second kappa shape index (κ2) is 6.22. The monoisotopic (exact) mass is 411 g/mol. The van der Waals surface area contributed by atoms with E-state index in [1.165, 1.54) is 12.1 Å². The number of hydrogen-bond acceptors (Lipinski definition) is 1. The van der Waals surface area contributed by atoms with E-state index in [2.05, 4.69) is 27.9 Å². The molecule has 0 bridgehead atoms. The maximum Gasteiger partial charge on any atom is 0.416 e. The Bertz CT molecular complexity index is 614. The summed E-state index contributed by atoms with van der Waals surface area (Å²) in [4.78, 5) is 0. The van der Waals surface area contributed by atoms with Crippen LogP contribution in [0.3, 0.4) is 0 Å². The molecule has 0 saturated heterocycles. The number of hydrogen-bond donors (Lipinski definition) is 1. The SMILES string of the molecule is FC(F)(F)c1ccccc1CNc1ccc(Cl)cc1I. The van der Waals surface area contributed by atoms with Crippen LogP contribution in [0.2, 0.25) is 5.02 Å². The quantitative estimate of drug-likeness (QED) is 0.651. The summed E-state index contributed by atoms with van der Waals surface area (Å²) in [6.07, 6.45) is -4.34. The van der Waals surface area contributed by atoms with E-state index in [-0.39, 0.29) is 12.1 Å². The van der Waals surface area contributed by atoms with Crippen LogP contribution >= 0.6 is 34.2 Å². The van der Waals surface area contributed by atoms with Crippen molar-refractivity contribution in [1.29, 1.82) is 0 Å². The summed E-state index contributed by atoms with van der Waals surface area (Å²) in [5.74, 6) is 0. The molecule has 0 aliphatic heterocycles. The predicted octanol–water partition coefficient (Wildman–Crippen LogP) is 5.58. The third-order valence-electron chi connectivity index (χ3n) is 2.72. The Labute approximate surface area is 133 Å². The third kappa shape index (κ3) is 3.79. The molecule has 0 amide bonds. The highest BCUT2D eigenvalue weighted by atomic mass is 127. The first-order valence-corrected chi connectivity index (χ1v) is 7.17. The second-order valence-corrected chi connectivity index (χ2v) is 5.73. The molecule has 2 aromatic carbocycles. The number of benzene rings is 2. The molecule has 2 aromatic rings. The zero-order valence-electron chi connectivity index (χ0n) is 10.1. The van der Waals surface area contributed by atoms with Crippen molar-refractivity contribution in [3.05, 3.63) is 62.2 Å². The number of anilines is 1. The molecule has 0 atom stereocenters. The Morgan fingerprint density at radius 2 is 1.80 bits per heavy atom. The molecule has 0 radical (unpaired) electrons. The van der Waals surface area contributed by atoms with Crippen LogP contribution in [-0.4, -0.2) is 0 Å². The molecule has 1 nitrogen and oxygen atoms in total. The number of alkyl halides is 3. The van der Waals surface area contributed by atoms with Crippen molar-refractivity contribution in [2.45, 2.75) is 12.7 Å². The fourth-order valence-corrected chi connectivity index (χ4v) is 2.84. The topological polar surface area (TPSA) is 12.0 Å². The molecule has 0 saturated carbocycles. The smallest absolute Gasteiger partial charge is 0.380 e.